The number of nitro benzene ring substituents is 1. The van der Waals surface area contributed by atoms with Gasteiger partial charge in [-0.25, -0.2) is 4.98 Å². The van der Waals surface area contributed by atoms with Crippen molar-refractivity contribution in [1.29, 1.82) is 0 Å². The number of benzene rings is 1. The highest BCUT2D eigenvalue weighted by Crippen LogP contribution is 2.22. The van der Waals surface area contributed by atoms with Crippen LogP contribution >= 0.6 is 0 Å². The summed E-state index contributed by atoms with van der Waals surface area (Å²) < 4.78 is 5.11. The lowest BCUT2D eigenvalue weighted by Gasteiger charge is -2.24. The number of hydrogen-bond donors (Lipinski definition) is 2. The zero-order valence-electron chi connectivity index (χ0n) is 11.1. The number of ether oxygens (including phenoxy) is 1. The number of imidazole rings is 1. The van der Waals surface area contributed by atoms with E-state index in [0.29, 0.717) is 23.6 Å². The van der Waals surface area contributed by atoms with E-state index in [1.807, 2.05) is 13.8 Å². The number of rotatable bonds is 5. The number of aromatic amines is 1. The largest absolute Gasteiger partial charge is 0.382 e. The molecule has 2 N–H and O–H groups in total. The van der Waals surface area contributed by atoms with Crippen LogP contribution in [0, 0.1) is 10.1 Å². The minimum absolute atomic E-state index is 0.0406. The lowest BCUT2D eigenvalue weighted by atomic mass is 10.1. The summed E-state index contributed by atoms with van der Waals surface area (Å²) >= 11 is 0. The van der Waals surface area contributed by atoms with Crippen molar-refractivity contribution in [3.8, 4) is 0 Å². The lowest BCUT2D eigenvalue weighted by molar-refractivity contribution is -0.384. The Morgan fingerprint density at radius 1 is 1.53 bits per heavy atom. The first-order valence-corrected chi connectivity index (χ1v) is 5.82. The van der Waals surface area contributed by atoms with Crippen LogP contribution < -0.4 is 5.32 Å². The number of nitrogens with one attached hydrogen (secondary N) is 2. The highest BCUT2D eigenvalue weighted by Gasteiger charge is 2.19. The van der Waals surface area contributed by atoms with Crippen LogP contribution in [0.3, 0.4) is 0 Å². The maximum atomic E-state index is 10.7. The van der Waals surface area contributed by atoms with Crippen LogP contribution in [0.5, 0.6) is 0 Å². The Balaban J connectivity index is 2.29. The molecule has 0 aliphatic rings. The maximum Gasteiger partial charge on any atom is 0.271 e. The van der Waals surface area contributed by atoms with Crippen molar-refractivity contribution in [1.82, 2.24) is 9.97 Å². The quantitative estimate of drug-likeness (QED) is 0.638. The second-order valence-electron chi connectivity index (χ2n) is 4.99. The summed E-state index contributed by atoms with van der Waals surface area (Å²) in [5.74, 6) is 0.567. The summed E-state index contributed by atoms with van der Waals surface area (Å²) in [7, 11) is 1.63. The van der Waals surface area contributed by atoms with Crippen molar-refractivity contribution in [2.24, 2.45) is 0 Å². The van der Waals surface area contributed by atoms with Gasteiger partial charge in [-0.1, -0.05) is 0 Å². The second-order valence-corrected chi connectivity index (χ2v) is 4.99. The molecule has 0 aliphatic carbocycles. The molecule has 1 aromatic heterocycles. The maximum absolute atomic E-state index is 10.7. The molecule has 0 amide bonds. The van der Waals surface area contributed by atoms with Gasteiger partial charge in [0.15, 0.2) is 0 Å². The predicted molar refractivity (Wildman–Crippen MR) is 72.3 cm³/mol. The number of fused-ring (bicyclic) bond motifs is 1. The van der Waals surface area contributed by atoms with E-state index in [1.165, 1.54) is 12.1 Å². The molecule has 2 aromatic rings. The second kappa shape index (κ2) is 4.85. The molecule has 0 spiro atoms. The van der Waals surface area contributed by atoms with Crippen molar-refractivity contribution < 1.29 is 9.66 Å². The first-order chi connectivity index (χ1) is 8.91. The summed E-state index contributed by atoms with van der Waals surface area (Å²) in [5, 5.41) is 13.9. The van der Waals surface area contributed by atoms with Gasteiger partial charge >= 0.3 is 0 Å². The Morgan fingerprint density at radius 3 is 2.89 bits per heavy atom. The van der Waals surface area contributed by atoms with E-state index in [2.05, 4.69) is 15.3 Å². The van der Waals surface area contributed by atoms with Gasteiger partial charge in [0.2, 0.25) is 5.95 Å². The van der Waals surface area contributed by atoms with Crippen molar-refractivity contribution in [2.75, 3.05) is 19.0 Å². The fraction of sp³-hybridized carbons (Fsp3) is 0.417. The normalized spacial score (nSPS) is 11.7. The monoisotopic (exact) mass is 264 g/mol. The standard InChI is InChI=1S/C12H16N4O3/c1-12(2,7-19-3)15-11-13-9-5-4-8(16(17)18)6-10(9)14-11/h4-6H,7H2,1-3H3,(H2,13,14,15). The van der Waals surface area contributed by atoms with Crippen molar-refractivity contribution >= 4 is 22.7 Å². The van der Waals surface area contributed by atoms with E-state index in [-0.39, 0.29) is 11.2 Å². The van der Waals surface area contributed by atoms with Crippen LogP contribution in [0.4, 0.5) is 11.6 Å². The number of methoxy groups -OCH3 is 1. The molecule has 7 nitrogen and oxygen atoms in total. The van der Waals surface area contributed by atoms with Gasteiger partial charge in [0, 0.05) is 19.2 Å². The number of nitro groups is 1. The molecule has 0 atom stereocenters. The SMILES string of the molecule is COCC(C)(C)Nc1nc2ccc([N+](=O)[O-])cc2[nH]1. The molecule has 102 valence electrons. The Labute approximate surface area is 110 Å². The van der Waals surface area contributed by atoms with Crippen molar-refractivity contribution in [3.63, 3.8) is 0 Å². The van der Waals surface area contributed by atoms with Gasteiger partial charge in [0.05, 0.1) is 28.1 Å². The van der Waals surface area contributed by atoms with Crippen LogP contribution in [-0.2, 0) is 4.74 Å². The van der Waals surface area contributed by atoms with E-state index < -0.39 is 4.92 Å². The first-order valence-electron chi connectivity index (χ1n) is 5.82. The van der Waals surface area contributed by atoms with Gasteiger partial charge in [-0.05, 0) is 19.9 Å². The van der Waals surface area contributed by atoms with Gasteiger partial charge in [-0.3, -0.25) is 10.1 Å². The summed E-state index contributed by atoms with van der Waals surface area (Å²) in [4.78, 5) is 17.6. The third-order valence-corrected chi connectivity index (χ3v) is 2.64. The zero-order chi connectivity index (χ0) is 14.0. The summed E-state index contributed by atoms with van der Waals surface area (Å²) in [6.45, 7) is 4.47. The van der Waals surface area contributed by atoms with Gasteiger partial charge in [-0.15, -0.1) is 0 Å². The summed E-state index contributed by atoms with van der Waals surface area (Å²) in [6, 6.07) is 4.53. The molecule has 0 radical (unpaired) electrons. The third kappa shape index (κ3) is 3.00. The molecular formula is C12H16N4O3. The molecule has 2 rings (SSSR count). The van der Waals surface area contributed by atoms with Gasteiger partial charge in [0.25, 0.3) is 5.69 Å². The topological polar surface area (TPSA) is 93.1 Å². The van der Waals surface area contributed by atoms with Crippen LogP contribution in [0.25, 0.3) is 11.0 Å². The molecule has 0 unspecified atom stereocenters. The van der Waals surface area contributed by atoms with E-state index in [9.17, 15) is 10.1 Å². The van der Waals surface area contributed by atoms with Crippen molar-refractivity contribution in [3.05, 3.63) is 28.3 Å². The van der Waals surface area contributed by atoms with Gasteiger partial charge < -0.3 is 15.0 Å². The van der Waals surface area contributed by atoms with Crippen LogP contribution in [0.15, 0.2) is 18.2 Å². The number of nitrogens with zero attached hydrogens (tertiary/aromatic N) is 2. The molecule has 19 heavy (non-hydrogen) atoms. The molecule has 0 aliphatic heterocycles. The number of non-ortho nitro benzene ring substituents is 1. The summed E-state index contributed by atoms with van der Waals surface area (Å²) in [6.07, 6.45) is 0. The average Bonchev–Trinajstić information content (AvgIpc) is 2.68. The Morgan fingerprint density at radius 2 is 2.26 bits per heavy atom. The molecule has 0 saturated heterocycles. The molecule has 1 heterocycles. The Hall–Kier alpha value is -2.15. The third-order valence-electron chi connectivity index (χ3n) is 2.64. The van der Waals surface area contributed by atoms with E-state index >= 15 is 0 Å². The molecule has 7 heteroatoms. The lowest BCUT2D eigenvalue weighted by Crippen LogP contribution is -2.36. The van der Waals surface area contributed by atoms with Gasteiger partial charge in [-0.2, -0.15) is 0 Å². The number of H-pyrrole nitrogens is 1. The zero-order valence-corrected chi connectivity index (χ0v) is 11.1. The highest BCUT2D eigenvalue weighted by atomic mass is 16.6. The van der Waals surface area contributed by atoms with E-state index in [1.54, 1.807) is 13.2 Å². The van der Waals surface area contributed by atoms with Crippen LogP contribution in [-0.4, -0.2) is 34.1 Å². The van der Waals surface area contributed by atoms with E-state index in [0.717, 1.165) is 0 Å². The van der Waals surface area contributed by atoms with Crippen LogP contribution in [0.2, 0.25) is 0 Å². The minimum Gasteiger partial charge on any atom is -0.382 e. The molecule has 1 aromatic carbocycles. The molecule has 0 bridgehead atoms. The summed E-state index contributed by atoms with van der Waals surface area (Å²) in [5.41, 5.74) is 1.07. The van der Waals surface area contributed by atoms with Crippen molar-refractivity contribution in [2.45, 2.75) is 19.4 Å². The molecular weight excluding hydrogens is 248 g/mol. The number of aromatic nitrogens is 2. The Kier molecular flexibility index (Phi) is 3.39. The Bertz CT molecular complexity index is 606. The number of anilines is 1. The smallest absolute Gasteiger partial charge is 0.271 e. The van der Waals surface area contributed by atoms with Crippen LogP contribution in [0.1, 0.15) is 13.8 Å². The molecule has 0 saturated carbocycles. The first kappa shape index (κ1) is 13.3. The fourth-order valence-electron chi connectivity index (χ4n) is 1.89. The predicted octanol–water partition coefficient (Wildman–Crippen LogP) is 2.31. The average molecular weight is 264 g/mol. The van der Waals surface area contributed by atoms with E-state index in [4.69, 9.17) is 4.74 Å². The fourth-order valence-corrected chi connectivity index (χ4v) is 1.89. The highest BCUT2D eigenvalue weighted by molar-refractivity contribution is 5.80. The number of hydrogen-bond acceptors (Lipinski definition) is 5. The minimum atomic E-state index is -0.428. The van der Waals surface area contributed by atoms with Gasteiger partial charge in [0.1, 0.15) is 0 Å². The molecule has 0 fully saturated rings.